The van der Waals surface area contributed by atoms with Gasteiger partial charge in [0.25, 0.3) is 0 Å². The molecule has 1 atom stereocenters. The Morgan fingerprint density at radius 1 is 1.20 bits per heavy atom. The summed E-state index contributed by atoms with van der Waals surface area (Å²) >= 11 is 1.69. The number of amidine groups is 1. The number of thioether (sulfide) groups is 1. The van der Waals surface area contributed by atoms with Crippen LogP contribution in [-0.4, -0.2) is 11.7 Å². The van der Waals surface area contributed by atoms with Crippen LogP contribution in [0.5, 0.6) is 0 Å². The van der Waals surface area contributed by atoms with E-state index in [2.05, 4.69) is 22.4 Å². The Balaban J connectivity index is 1.67. The second-order valence-electron chi connectivity index (χ2n) is 4.75. The Kier molecular flexibility index (Phi) is 3.74. The van der Waals surface area contributed by atoms with Crippen molar-refractivity contribution >= 4 is 22.6 Å². The van der Waals surface area contributed by atoms with E-state index in [1.54, 1.807) is 24.8 Å². The van der Waals surface area contributed by atoms with Gasteiger partial charge in [0, 0.05) is 5.69 Å². The third kappa shape index (κ3) is 2.85. The maximum atomic E-state index is 13.5. The molecule has 102 valence electrons. The summed E-state index contributed by atoms with van der Waals surface area (Å²) in [7, 11) is 0. The minimum atomic E-state index is -0.196. The first-order valence-electron chi connectivity index (χ1n) is 6.51. The summed E-state index contributed by atoms with van der Waals surface area (Å²) < 4.78 is 13.5. The fraction of sp³-hybridized carbons (Fsp3) is 0.188. The molecule has 20 heavy (non-hydrogen) atoms. The van der Waals surface area contributed by atoms with Crippen molar-refractivity contribution in [3.05, 3.63) is 65.5 Å². The Hall–Kier alpha value is -1.81. The quantitative estimate of drug-likeness (QED) is 0.885. The first kappa shape index (κ1) is 13.2. The summed E-state index contributed by atoms with van der Waals surface area (Å²) in [5.41, 5.74) is 2.67. The number of rotatable bonds is 2. The number of benzene rings is 2. The van der Waals surface area contributed by atoms with Gasteiger partial charge in [-0.2, -0.15) is 0 Å². The number of nitrogens with one attached hydrogen (secondary N) is 1. The molecule has 0 aromatic heterocycles. The molecule has 0 saturated heterocycles. The minimum Gasteiger partial charge on any atom is -0.335 e. The van der Waals surface area contributed by atoms with Gasteiger partial charge in [0.1, 0.15) is 5.82 Å². The topological polar surface area (TPSA) is 24.4 Å². The van der Waals surface area contributed by atoms with Crippen molar-refractivity contribution in [2.75, 3.05) is 11.9 Å². The van der Waals surface area contributed by atoms with E-state index in [1.165, 1.54) is 11.6 Å². The van der Waals surface area contributed by atoms with E-state index >= 15 is 0 Å². The van der Waals surface area contributed by atoms with Crippen molar-refractivity contribution in [2.45, 2.75) is 12.2 Å². The zero-order valence-corrected chi connectivity index (χ0v) is 12.0. The van der Waals surface area contributed by atoms with Crippen LogP contribution in [0.4, 0.5) is 10.1 Å². The second kappa shape index (κ2) is 5.67. The van der Waals surface area contributed by atoms with Crippen molar-refractivity contribution in [1.29, 1.82) is 0 Å². The Morgan fingerprint density at radius 2 is 2.00 bits per heavy atom. The van der Waals surface area contributed by atoms with Gasteiger partial charge in [-0.15, -0.1) is 0 Å². The van der Waals surface area contributed by atoms with Gasteiger partial charge in [0.2, 0.25) is 0 Å². The minimum absolute atomic E-state index is 0.196. The Bertz CT molecular complexity index is 640. The molecular formula is C16H15FN2S. The van der Waals surface area contributed by atoms with Crippen LogP contribution < -0.4 is 5.32 Å². The van der Waals surface area contributed by atoms with Crippen LogP contribution in [0.1, 0.15) is 16.4 Å². The molecule has 0 saturated carbocycles. The van der Waals surface area contributed by atoms with Gasteiger partial charge in [-0.1, -0.05) is 48.2 Å². The third-order valence-electron chi connectivity index (χ3n) is 3.25. The van der Waals surface area contributed by atoms with E-state index in [9.17, 15) is 4.39 Å². The van der Waals surface area contributed by atoms with Crippen molar-refractivity contribution in [1.82, 2.24) is 0 Å². The monoisotopic (exact) mass is 286 g/mol. The molecule has 4 heteroatoms. The molecule has 0 fully saturated rings. The van der Waals surface area contributed by atoms with E-state index in [0.717, 1.165) is 17.4 Å². The molecular weight excluding hydrogens is 271 g/mol. The maximum absolute atomic E-state index is 13.5. The number of halogens is 1. The van der Waals surface area contributed by atoms with Gasteiger partial charge < -0.3 is 5.32 Å². The highest BCUT2D eigenvalue weighted by Gasteiger charge is 2.21. The lowest BCUT2D eigenvalue weighted by Gasteiger charge is -2.09. The summed E-state index contributed by atoms with van der Waals surface area (Å²) in [5, 5.41) is 4.37. The highest BCUT2D eigenvalue weighted by atomic mass is 32.2. The maximum Gasteiger partial charge on any atom is 0.161 e. The van der Waals surface area contributed by atoms with Crippen LogP contribution in [0, 0.1) is 12.7 Å². The summed E-state index contributed by atoms with van der Waals surface area (Å²) in [6.07, 6.45) is 0. The third-order valence-corrected chi connectivity index (χ3v) is 4.41. The molecule has 2 aromatic carbocycles. The lowest BCUT2D eigenvalue weighted by molar-refractivity contribution is 0.619. The molecule has 0 bridgehead atoms. The van der Waals surface area contributed by atoms with Gasteiger partial charge in [-0.3, -0.25) is 4.99 Å². The SMILES string of the molecule is Cc1ccc(NC2=NCC(c3ccccc3)S2)cc1F. The van der Waals surface area contributed by atoms with Gasteiger partial charge in [0.05, 0.1) is 11.8 Å². The summed E-state index contributed by atoms with van der Waals surface area (Å²) in [6, 6.07) is 15.5. The van der Waals surface area contributed by atoms with Crippen molar-refractivity contribution < 1.29 is 4.39 Å². The summed E-state index contributed by atoms with van der Waals surface area (Å²) in [6.45, 7) is 2.51. The van der Waals surface area contributed by atoms with Gasteiger partial charge in [-0.25, -0.2) is 4.39 Å². The van der Waals surface area contributed by atoms with Crippen LogP contribution >= 0.6 is 11.8 Å². The standard InChI is InChI=1S/C16H15FN2S/c1-11-7-8-13(9-14(11)17)19-16-18-10-15(20-16)12-5-3-2-4-6-12/h2-9,15H,10H2,1H3,(H,18,19). The molecule has 1 unspecified atom stereocenters. The van der Waals surface area contributed by atoms with Gasteiger partial charge in [-0.05, 0) is 30.2 Å². The van der Waals surface area contributed by atoms with Crippen LogP contribution in [-0.2, 0) is 0 Å². The second-order valence-corrected chi connectivity index (χ2v) is 5.94. The smallest absolute Gasteiger partial charge is 0.161 e. The van der Waals surface area contributed by atoms with E-state index in [1.807, 2.05) is 24.3 Å². The normalized spacial score (nSPS) is 17.9. The van der Waals surface area contributed by atoms with Crippen LogP contribution in [0.2, 0.25) is 0 Å². The highest BCUT2D eigenvalue weighted by molar-refractivity contribution is 8.14. The zero-order valence-electron chi connectivity index (χ0n) is 11.1. The molecule has 1 heterocycles. The van der Waals surface area contributed by atoms with E-state index in [0.29, 0.717) is 10.8 Å². The largest absolute Gasteiger partial charge is 0.335 e. The molecule has 3 rings (SSSR count). The van der Waals surface area contributed by atoms with Crippen molar-refractivity contribution in [2.24, 2.45) is 4.99 Å². The summed E-state index contributed by atoms with van der Waals surface area (Å²) in [5.74, 6) is -0.196. The zero-order chi connectivity index (χ0) is 13.9. The number of aliphatic imine (C=N–C) groups is 1. The summed E-state index contributed by atoms with van der Waals surface area (Å²) in [4.78, 5) is 4.49. The first-order valence-corrected chi connectivity index (χ1v) is 7.39. The first-order chi connectivity index (χ1) is 9.72. The lowest BCUT2D eigenvalue weighted by Crippen LogP contribution is -2.05. The van der Waals surface area contributed by atoms with E-state index < -0.39 is 0 Å². The average molecular weight is 286 g/mol. The highest BCUT2D eigenvalue weighted by Crippen LogP contribution is 2.35. The molecule has 1 aliphatic rings. The van der Waals surface area contributed by atoms with Gasteiger partial charge in [0.15, 0.2) is 5.17 Å². The molecule has 0 aliphatic carbocycles. The number of anilines is 1. The van der Waals surface area contributed by atoms with Crippen LogP contribution in [0.15, 0.2) is 53.5 Å². The van der Waals surface area contributed by atoms with Crippen LogP contribution in [0.25, 0.3) is 0 Å². The number of hydrogen-bond donors (Lipinski definition) is 1. The van der Waals surface area contributed by atoms with E-state index in [-0.39, 0.29) is 5.82 Å². The predicted molar refractivity (Wildman–Crippen MR) is 83.8 cm³/mol. The Morgan fingerprint density at radius 3 is 2.75 bits per heavy atom. The number of hydrogen-bond acceptors (Lipinski definition) is 3. The molecule has 0 radical (unpaired) electrons. The van der Waals surface area contributed by atoms with Crippen LogP contribution in [0.3, 0.4) is 0 Å². The molecule has 1 N–H and O–H groups in total. The van der Waals surface area contributed by atoms with Crippen molar-refractivity contribution in [3.63, 3.8) is 0 Å². The predicted octanol–water partition coefficient (Wildman–Crippen LogP) is 4.39. The van der Waals surface area contributed by atoms with Crippen molar-refractivity contribution in [3.8, 4) is 0 Å². The molecule has 1 aliphatic heterocycles. The fourth-order valence-corrected chi connectivity index (χ4v) is 3.12. The molecule has 0 spiro atoms. The number of nitrogens with zero attached hydrogens (tertiary/aromatic N) is 1. The van der Waals surface area contributed by atoms with Gasteiger partial charge >= 0.3 is 0 Å². The Labute approximate surface area is 122 Å². The average Bonchev–Trinajstić information content (AvgIpc) is 2.92. The lowest BCUT2D eigenvalue weighted by atomic mass is 10.1. The molecule has 2 nitrogen and oxygen atoms in total. The molecule has 0 amide bonds. The number of aryl methyl sites for hydroxylation is 1. The molecule has 2 aromatic rings. The fourth-order valence-electron chi connectivity index (χ4n) is 2.08. The van der Waals surface area contributed by atoms with E-state index in [4.69, 9.17) is 0 Å².